The number of carbonyl (C=O) groups excluding carboxylic acids is 1. The molecule has 0 unspecified atom stereocenters. The number of amides is 1. The number of anilines is 1. The van der Waals surface area contributed by atoms with E-state index in [1.165, 1.54) is 17.0 Å². The fourth-order valence-electron chi connectivity index (χ4n) is 2.52. The van der Waals surface area contributed by atoms with Crippen LogP contribution in [0.2, 0.25) is 5.15 Å². The van der Waals surface area contributed by atoms with Crippen molar-refractivity contribution < 1.29 is 22.0 Å². The molecule has 0 atom stereocenters. The van der Waals surface area contributed by atoms with Crippen LogP contribution in [0.15, 0.2) is 71.9 Å². The number of benzene rings is 1. The molecule has 0 aliphatic heterocycles. The third-order valence-electron chi connectivity index (χ3n) is 3.95. The molecule has 3 aromatic rings. The van der Waals surface area contributed by atoms with Crippen LogP contribution >= 0.6 is 11.6 Å². The predicted octanol–water partition coefficient (Wildman–Crippen LogP) is 3.97. The van der Waals surface area contributed by atoms with Gasteiger partial charge in [0, 0.05) is 18.0 Å². The van der Waals surface area contributed by atoms with Gasteiger partial charge in [0.25, 0.3) is 5.91 Å². The summed E-state index contributed by atoms with van der Waals surface area (Å²) in [6.07, 6.45) is 3.18. The van der Waals surface area contributed by atoms with Gasteiger partial charge in [0.15, 0.2) is 0 Å². The summed E-state index contributed by atoms with van der Waals surface area (Å²) in [4.78, 5) is 22.0. The zero-order valence-electron chi connectivity index (χ0n) is 14.7. The molecule has 1 amide bonds. The van der Waals surface area contributed by atoms with Crippen LogP contribution in [0.3, 0.4) is 0 Å². The summed E-state index contributed by atoms with van der Waals surface area (Å²) < 4.78 is 48.5. The fraction of sp³-hybridized carbons (Fsp3) is 0.105. The second-order valence-electron chi connectivity index (χ2n) is 5.90. The quantitative estimate of drug-likeness (QED) is 0.545. The molecule has 2 aromatic heterocycles. The van der Waals surface area contributed by atoms with Gasteiger partial charge in [-0.3, -0.25) is 14.7 Å². The van der Waals surface area contributed by atoms with E-state index < -0.39 is 26.4 Å². The van der Waals surface area contributed by atoms with Gasteiger partial charge in [0.1, 0.15) is 11.0 Å². The average Bonchev–Trinajstić information content (AvgIpc) is 2.72. The lowest BCUT2D eigenvalue weighted by Gasteiger charge is -2.22. The normalized spacial score (nSPS) is 11.4. The lowest BCUT2D eigenvalue weighted by molar-refractivity contribution is 0.0984. The molecule has 29 heavy (non-hydrogen) atoms. The highest BCUT2D eigenvalue weighted by atomic mass is 35.5. The lowest BCUT2D eigenvalue weighted by Crippen LogP contribution is -2.31. The Kier molecular flexibility index (Phi) is 6.19. The van der Waals surface area contributed by atoms with Crippen molar-refractivity contribution in [3.8, 4) is 0 Å². The van der Waals surface area contributed by atoms with Crippen LogP contribution in [0.4, 0.5) is 14.6 Å². The van der Waals surface area contributed by atoms with E-state index in [1.54, 1.807) is 42.7 Å². The predicted molar refractivity (Wildman–Crippen MR) is 104 cm³/mol. The van der Waals surface area contributed by atoms with Gasteiger partial charge < -0.3 is 0 Å². The molecule has 0 aliphatic carbocycles. The van der Waals surface area contributed by atoms with Gasteiger partial charge in [-0.05, 0) is 48.0 Å². The molecular weight excluding hydrogens is 424 g/mol. The van der Waals surface area contributed by atoms with Gasteiger partial charge in [-0.2, -0.15) is 8.78 Å². The van der Waals surface area contributed by atoms with Crippen molar-refractivity contribution >= 4 is 33.2 Å². The summed E-state index contributed by atoms with van der Waals surface area (Å²) in [6, 6.07) is 12.6. The summed E-state index contributed by atoms with van der Waals surface area (Å²) in [5.74, 6) is -3.78. The number of carbonyl (C=O) groups is 1. The first-order valence-corrected chi connectivity index (χ1v) is 10.2. The Hall–Kier alpha value is -2.91. The highest BCUT2D eigenvalue weighted by Gasteiger charge is 2.27. The Bertz CT molecular complexity index is 1110. The van der Waals surface area contributed by atoms with Gasteiger partial charge in [-0.15, -0.1) is 0 Å². The molecular formula is C19H14ClF2N3O3S. The van der Waals surface area contributed by atoms with Crippen LogP contribution in [-0.4, -0.2) is 30.1 Å². The first-order valence-electron chi connectivity index (χ1n) is 8.24. The van der Waals surface area contributed by atoms with Gasteiger partial charge in [-0.25, -0.2) is 13.4 Å². The maximum atomic E-state index is 13.1. The third kappa shape index (κ3) is 4.75. The van der Waals surface area contributed by atoms with Crippen molar-refractivity contribution in [2.45, 2.75) is 17.2 Å². The molecule has 0 bridgehead atoms. The second-order valence-corrected chi connectivity index (χ2v) is 8.21. The average molecular weight is 438 g/mol. The molecule has 0 aliphatic rings. The van der Waals surface area contributed by atoms with E-state index in [-0.39, 0.29) is 23.1 Å². The Balaban J connectivity index is 1.96. The van der Waals surface area contributed by atoms with Crippen molar-refractivity contribution in [1.82, 2.24) is 9.97 Å². The summed E-state index contributed by atoms with van der Waals surface area (Å²) in [6.45, 7) is 0.122. The minimum Gasteiger partial charge on any atom is -0.288 e. The van der Waals surface area contributed by atoms with E-state index in [4.69, 9.17) is 11.6 Å². The van der Waals surface area contributed by atoms with Crippen molar-refractivity contribution in [1.29, 1.82) is 0 Å². The third-order valence-corrected chi connectivity index (χ3v) is 5.56. The Morgan fingerprint density at radius 1 is 1.07 bits per heavy atom. The van der Waals surface area contributed by atoms with Crippen LogP contribution in [0.1, 0.15) is 15.9 Å². The first kappa shape index (κ1) is 20.8. The number of hydrogen-bond acceptors (Lipinski definition) is 5. The molecule has 0 N–H and O–H groups in total. The number of halogens is 3. The van der Waals surface area contributed by atoms with Crippen molar-refractivity contribution in [3.05, 3.63) is 83.3 Å². The zero-order valence-corrected chi connectivity index (χ0v) is 16.3. The van der Waals surface area contributed by atoms with Gasteiger partial charge in [0.2, 0.25) is 9.84 Å². The fourth-order valence-corrected chi connectivity index (χ4v) is 3.41. The van der Waals surface area contributed by atoms with Gasteiger partial charge in [0.05, 0.1) is 11.4 Å². The first-order chi connectivity index (χ1) is 13.8. The molecule has 0 fully saturated rings. The van der Waals surface area contributed by atoms with Gasteiger partial charge in [-0.1, -0.05) is 23.7 Å². The molecule has 0 spiro atoms. The highest BCUT2D eigenvalue weighted by Crippen LogP contribution is 2.22. The van der Waals surface area contributed by atoms with Crippen molar-refractivity contribution in [2.24, 2.45) is 0 Å². The summed E-state index contributed by atoms with van der Waals surface area (Å²) in [7, 11) is -4.74. The second kappa shape index (κ2) is 8.62. The number of pyridine rings is 2. The molecule has 2 heterocycles. The SMILES string of the molecule is O=C(c1ccc(S(=O)(=O)C(F)F)cc1)N(Cc1cccnc1)c1cccc(Cl)n1. The molecule has 10 heteroatoms. The topological polar surface area (TPSA) is 80.2 Å². The number of sulfone groups is 1. The van der Waals surface area contributed by atoms with Crippen LogP contribution in [0, 0.1) is 0 Å². The maximum absolute atomic E-state index is 13.1. The van der Waals surface area contributed by atoms with E-state index >= 15 is 0 Å². The maximum Gasteiger partial charge on any atom is 0.341 e. The molecule has 0 saturated carbocycles. The molecule has 1 aromatic carbocycles. The minimum absolute atomic E-state index is 0.101. The van der Waals surface area contributed by atoms with Gasteiger partial charge >= 0.3 is 5.76 Å². The van der Waals surface area contributed by atoms with Crippen LogP contribution in [0.25, 0.3) is 0 Å². The van der Waals surface area contributed by atoms with Crippen LogP contribution < -0.4 is 4.90 Å². The number of aromatic nitrogens is 2. The Labute approximate surface area is 170 Å². The molecule has 150 valence electrons. The molecule has 3 rings (SSSR count). The molecule has 0 saturated heterocycles. The molecule has 0 radical (unpaired) electrons. The molecule has 6 nitrogen and oxygen atoms in total. The monoisotopic (exact) mass is 437 g/mol. The standard InChI is InChI=1S/C19H14ClF2N3O3S/c20-16-4-1-5-17(24-16)25(12-13-3-2-10-23-11-13)18(26)14-6-8-15(9-7-14)29(27,28)19(21)22/h1-11,19H,12H2. The van der Waals surface area contributed by atoms with E-state index in [2.05, 4.69) is 9.97 Å². The van der Waals surface area contributed by atoms with E-state index in [9.17, 15) is 22.0 Å². The summed E-state index contributed by atoms with van der Waals surface area (Å²) in [5, 5.41) is 0.185. The Morgan fingerprint density at radius 2 is 1.79 bits per heavy atom. The summed E-state index contributed by atoms with van der Waals surface area (Å²) >= 11 is 5.94. The largest absolute Gasteiger partial charge is 0.341 e. The van der Waals surface area contributed by atoms with E-state index in [0.717, 1.165) is 17.7 Å². The zero-order chi connectivity index (χ0) is 21.0. The number of alkyl halides is 2. The smallest absolute Gasteiger partial charge is 0.288 e. The van der Waals surface area contributed by atoms with Crippen LogP contribution in [-0.2, 0) is 16.4 Å². The minimum atomic E-state index is -4.74. The van der Waals surface area contributed by atoms with Crippen LogP contribution in [0.5, 0.6) is 0 Å². The Morgan fingerprint density at radius 3 is 2.38 bits per heavy atom. The number of hydrogen-bond donors (Lipinski definition) is 0. The van der Waals surface area contributed by atoms with E-state index in [0.29, 0.717) is 0 Å². The number of rotatable bonds is 6. The number of nitrogens with zero attached hydrogens (tertiary/aromatic N) is 3. The summed E-state index contributed by atoms with van der Waals surface area (Å²) in [5.41, 5.74) is 0.823. The lowest BCUT2D eigenvalue weighted by atomic mass is 10.1. The highest BCUT2D eigenvalue weighted by molar-refractivity contribution is 7.91. The van der Waals surface area contributed by atoms with Crippen molar-refractivity contribution in [2.75, 3.05) is 4.90 Å². The van der Waals surface area contributed by atoms with Crippen molar-refractivity contribution in [3.63, 3.8) is 0 Å². The van der Waals surface area contributed by atoms with E-state index in [1.807, 2.05) is 0 Å².